The number of nitrogens with one attached hydrogen (secondary N) is 1. The van der Waals surface area contributed by atoms with Gasteiger partial charge in [0.15, 0.2) is 0 Å². The van der Waals surface area contributed by atoms with E-state index in [1.54, 1.807) is 48.9 Å². The van der Waals surface area contributed by atoms with Crippen molar-refractivity contribution in [3.8, 4) is 11.6 Å². The Morgan fingerprint density at radius 1 is 1.08 bits per heavy atom. The van der Waals surface area contributed by atoms with Crippen LogP contribution < -0.4 is 10.1 Å². The molecule has 120 valence electrons. The van der Waals surface area contributed by atoms with Gasteiger partial charge in [-0.3, -0.25) is 9.78 Å². The number of benzene rings is 1. The summed E-state index contributed by atoms with van der Waals surface area (Å²) in [6.07, 6.45) is 4.76. The molecule has 6 heteroatoms. The predicted molar refractivity (Wildman–Crippen MR) is 91.2 cm³/mol. The lowest BCUT2D eigenvalue weighted by Crippen LogP contribution is -2.23. The van der Waals surface area contributed by atoms with Crippen LogP contribution in [-0.4, -0.2) is 15.9 Å². The molecule has 3 aromatic rings. The standard InChI is InChI=1S/C18H14ClN3O2/c19-16-8-2-1-5-13(16)11-22-17(23)15-7-4-10-21-18(15)24-14-6-3-9-20-12-14/h1-10,12H,11H2,(H,22,23). The maximum absolute atomic E-state index is 12.5. The van der Waals surface area contributed by atoms with Gasteiger partial charge in [0.05, 0.1) is 6.20 Å². The Hall–Kier alpha value is -2.92. The summed E-state index contributed by atoms with van der Waals surface area (Å²) in [6, 6.07) is 14.2. The molecule has 0 aliphatic carbocycles. The fraction of sp³-hybridized carbons (Fsp3) is 0.0556. The highest BCUT2D eigenvalue weighted by molar-refractivity contribution is 6.31. The Bertz CT molecular complexity index is 840. The molecular weight excluding hydrogens is 326 g/mol. The second kappa shape index (κ2) is 7.57. The van der Waals surface area contributed by atoms with Gasteiger partial charge >= 0.3 is 0 Å². The first kappa shape index (κ1) is 16.0. The normalized spacial score (nSPS) is 10.2. The third-order valence-corrected chi connectivity index (χ3v) is 3.63. The molecule has 2 heterocycles. The van der Waals surface area contributed by atoms with Crippen LogP contribution in [0.3, 0.4) is 0 Å². The topological polar surface area (TPSA) is 64.1 Å². The first-order valence-corrected chi connectivity index (χ1v) is 7.66. The molecule has 0 spiro atoms. The van der Waals surface area contributed by atoms with Gasteiger partial charge in [-0.05, 0) is 35.9 Å². The molecule has 0 aliphatic rings. The third kappa shape index (κ3) is 3.88. The molecule has 0 fully saturated rings. The van der Waals surface area contributed by atoms with Crippen molar-refractivity contribution in [2.24, 2.45) is 0 Å². The minimum atomic E-state index is -0.290. The second-order valence-electron chi connectivity index (χ2n) is 4.92. The van der Waals surface area contributed by atoms with Gasteiger partial charge in [0.2, 0.25) is 5.88 Å². The maximum atomic E-state index is 12.5. The van der Waals surface area contributed by atoms with Crippen molar-refractivity contribution in [3.05, 3.63) is 83.3 Å². The quantitative estimate of drug-likeness (QED) is 0.766. The zero-order chi connectivity index (χ0) is 16.8. The fourth-order valence-corrected chi connectivity index (χ4v) is 2.28. The number of carbonyl (C=O) groups excluding carboxylic acids is 1. The number of amides is 1. The fourth-order valence-electron chi connectivity index (χ4n) is 2.08. The van der Waals surface area contributed by atoms with Crippen LogP contribution in [0, 0.1) is 0 Å². The van der Waals surface area contributed by atoms with Crippen molar-refractivity contribution in [1.82, 2.24) is 15.3 Å². The summed E-state index contributed by atoms with van der Waals surface area (Å²) >= 11 is 6.10. The van der Waals surface area contributed by atoms with Crippen LogP contribution in [-0.2, 0) is 6.54 Å². The van der Waals surface area contributed by atoms with Crippen molar-refractivity contribution in [2.45, 2.75) is 6.54 Å². The zero-order valence-electron chi connectivity index (χ0n) is 12.6. The molecule has 5 nitrogen and oxygen atoms in total. The van der Waals surface area contributed by atoms with E-state index in [4.69, 9.17) is 16.3 Å². The van der Waals surface area contributed by atoms with Gasteiger partial charge in [-0.2, -0.15) is 0 Å². The summed E-state index contributed by atoms with van der Waals surface area (Å²) in [5, 5.41) is 3.43. The van der Waals surface area contributed by atoms with Crippen molar-refractivity contribution in [3.63, 3.8) is 0 Å². The van der Waals surface area contributed by atoms with Crippen LogP contribution in [0.1, 0.15) is 15.9 Å². The number of pyridine rings is 2. The van der Waals surface area contributed by atoms with Gasteiger partial charge in [-0.25, -0.2) is 4.98 Å². The zero-order valence-corrected chi connectivity index (χ0v) is 13.4. The van der Waals surface area contributed by atoms with Gasteiger partial charge in [0.1, 0.15) is 11.3 Å². The lowest BCUT2D eigenvalue weighted by atomic mass is 10.2. The first-order chi connectivity index (χ1) is 11.7. The number of rotatable bonds is 5. The molecule has 1 amide bonds. The van der Waals surface area contributed by atoms with Crippen LogP contribution in [0.2, 0.25) is 5.02 Å². The molecule has 0 unspecified atom stereocenters. The molecule has 0 saturated heterocycles. The van der Waals surface area contributed by atoms with Crippen molar-refractivity contribution >= 4 is 17.5 Å². The Morgan fingerprint density at radius 3 is 2.71 bits per heavy atom. The van der Waals surface area contributed by atoms with Crippen molar-refractivity contribution < 1.29 is 9.53 Å². The molecule has 0 radical (unpaired) electrons. The second-order valence-corrected chi connectivity index (χ2v) is 5.33. The SMILES string of the molecule is O=C(NCc1ccccc1Cl)c1cccnc1Oc1cccnc1. The van der Waals surface area contributed by atoms with Crippen LogP contribution in [0.25, 0.3) is 0 Å². The van der Waals surface area contributed by atoms with Crippen LogP contribution in [0.5, 0.6) is 11.6 Å². The van der Waals surface area contributed by atoms with Crippen LogP contribution >= 0.6 is 11.6 Å². The van der Waals surface area contributed by atoms with E-state index in [0.717, 1.165) is 5.56 Å². The number of aromatic nitrogens is 2. The molecule has 1 aromatic carbocycles. The number of halogens is 1. The summed E-state index contributed by atoms with van der Waals surface area (Å²) in [6.45, 7) is 0.319. The molecule has 24 heavy (non-hydrogen) atoms. The third-order valence-electron chi connectivity index (χ3n) is 3.26. The predicted octanol–water partition coefficient (Wildman–Crippen LogP) is 3.85. The highest BCUT2D eigenvalue weighted by atomic mass is 35.5. The minimum Gasteiger partial charge on any atom is -0.437 e. The molecule has 0 bridgehead atoms. The Balaban J connectivity index is 1.74. The molecule has 0 saturated carbocycles. The largest absolute Gasteiger partial charge is 0.437 e. The molecule has 3 rings (SSSR count). The molecule has 1 N–H and O–H groups in total. The lowest BCUT2D eigenvalue weighted by Gasteiger charge is -2.10. The smallest absolute Gasteiger partial charge is 0.257 e. The number of hydrogen-bond acceptors (Lipinski definition) is 4. The van der Waals surface area contributed by atoms with E-state index < -0.39 is 0 Å². The minimum absolute atomic E-state index is 0.224. The number of nitrogens with zero attached hydrogens (tertiary/aromatic N) is 2. The highest BCUT2D eigenvalue weighted by Crippen LogP contribution is 2.22. The average molecular weight is 340 g/mol. The lowest BCUT2D eigenvalue weighted by molar-refractivity contribution is 0.0948. The summed E-state index contributed by atoms with van der Waals surface area (Å²) in [5.74, 6) is 0.445. The van der Waals surface area contributed by atoms with Gasteiger partial charge in [0, 0.05) is 24.0 Å². The number of ether oxygens (including phenoxy) is 1. The van der Waals surface area contributed by atoms with E-state index in [-0.39, 0.29) is 11.8 Å². The monoisotopic (exact) mass is 339 g/mol. The summed E-state index contributed by atoms with van der Waals surface area (Å²) < 4.78 is 5.65. The Kier molecular flexibility index (Phi) is 5.03. The summed E-state index contributed by atoms with van der Waals surface area (Å²) in [4.78, 5) is 20.6. The highest BCUT2D eigenvalue weighted by Gasteiger charge is 2.14. The van der Waals surface area contributed by atoms with Crippen molar-refractivity contribution in [2.75, 3.05) is 0 Å². The van der Waals surface area contributed by atoms with E-state index >= 15 is 0 Å². The van der Waals surface area contributed by atoms with E-state index in [9.17, 15) is 4.79 Å². The van der Waals surface area contributed by atoms with E-state index in [1.807, 2.05) is 18.2 Å². The van der Waals surface area contributed by atoms with Gasteiger partial charge in [-0.1, -0.05) is 29.8 Å². The Labute approximate surface area is 144 Å². The molecule has 2 aromatic heterocycles. The van der Waals surface area contributed by atoms with Gasteiger partial charge in [0.25, 0.3) is 5.91 Å². The number of hydrogen-bond donors (Lipinski definition) is 1. The maximum Gasteiger partial charge on any atom is 0.257 e. The van der Waals surface area contributed by atoms with Crippen LogP contribution in [0.15, 0.2) is 67.1 Å². The average Bonchev–Trinajstić information content (AvgIpc) is 2.62. The summed E-state index contributed by atoms with van der Waals surface area (Å²) in [7, 11) is 0. The van der Waals surface area contributed by atoms with Crippen molar-refractivity contribution in [1.29, 1.82) is 0 Å². The number of carbonyl (C=O) groups is 1. The first-order valence-electron chi connectivity index (χ1n) is 7.28. The summed E-state index contributed by atoms with van der Waals surface area (Å²) in [5.41, 5.74) is 1.18. The molecule has 0 aliphatic heterocycles. The molecular formula is C18H14ClN3O2. The van der Waals surface area contributed by atoms with Gasteiger partial charge < -0.3 is 10.1 Å². The van der Waals surface area contributed by atoms with Gasteiger partial charge in [-0.15, -0.1) is 0 Å². The van der Waals surface area contributed by atoms with E-state index in [2.05, 4.69) is 15.3 Å². The van der Waals surface area contributed by atoms with E-state index in [0.29, 0.717) is 22.9 Å². The van der Waals surface area contributed by atoms with Crippen LogP contribution in [0.4, 0.5) is 0 Å². The Morgan fingerprint density at radius 2 is 1.92 bits per heavy atom. The van der Waals surface area contributed by atoms with E-state index in [1.165, 1.54) is 0 Å². The molecule has 0 atom stereocenters.